The summed E-state index contributed by atoms with van der Waals surface area (Å²) in [7, 11) is -5.40. The van der Waals surface area contributed by atoms with Gasteiger partial charge in [0.05, 0.1) is 52.3 Å². The number of imidazole rings is 1. The van der Waals surface area contributed by atoms with Gasteiger partial charge in [0.2, 0.25) is 5.91 Å². The summed E-state index contributed by atoms with van der Waals surface area (Å²) in [6.07, 6.45) is -3.58. The minimum Gasteiger partial charge on any atom is -0.452 e. The number of hydrogen-bond acceptors (Lipinski definition) is 19. The molecule has 9 aromatic carbocycles. The fraction of sp³-hybridized carbons (Fsp3) is 0.143. The first kappa shape index (κ1) is 68.8. The van der Waals surface area contributed by atoms with Crippen LogP contribution < -0.4 is 29.9 Å². The van der Waals surface area contributed by atoms with Crippen molar-refractivity contribution >= 4 is 66.4 Å². The molecule has 4 N–H and O–H groups in total. The van der Waals surface area contributed by atoms with Gasteiger partial charge in [0.15, 0.2) is 35.4 Å². The quantitative estimate of drug-likeness (QED) is 0.0179. The third kappa shape index (κ3) is 16.1. The number of ether oxygens (including phenoxy) is 6. The van der Waals surface area contributed by atoms with E-state index >= 15 is 4.79 Å². The van der Waals surface area contributed by atoms with Crippen LogP contribution >= 0.6 is 7.75 Å². The van der Waals surface area contributed by atoms with Gasteiger partial charge in [0.1, 0.15) is 29.7 Å². The van der Waals surface area contributed by atoms with Gasteiger partial charge in [-0.05, 0) is 132 Å². The van der Waals surface area contributed by atoms with Crippen molar-refractivity contribution in [1.82, 2.24) is 29.9 Å². The molecule has 23 nitrogen and oxygen atoms in total. The normalized spacial score (nSPS) is 16.1. The number of rotatable bonds is 25. The fourth-order valence-corrected chi connectivity index (χ4v) is 12.2. The first-order valence-corrected chi connectivity index (χ1v) is 33.5. The number of nitrogens with one attached hydrogen (secondary N) is 3. The average molecular weight is 1370 g/mol. The fourth-order valence-electron chi connectivity index (χ4n) is 11.4. The first-order chi connectivity index (χ1) is 49.0. The maximum absolute atomic E-state index is 15.5. The molecule has 2 aromatic heterocycles. The van der Waals surface area contributed by atoms with E-state index < -0.39 is 98.1 Å². The lowest BCUT2D eigenvalue weighted by atomic mass is 9.75. The van der Waals surface area contributed by atoms with Gasteiger partial charge in [-0.3, -0.25) is 29.1 Å². The standard InChI is InChI=1S/C77H64N7O16P/c1-3-49(2)63(82-77(56-34-40-59(41-35-56)95-72(87)51-24-12-5-13-25-51,57-36-42-60(43-37-57)96-73(88)52-26-14-6-15-27-52)58-38-44-61(45-39-58)97-74(89)53-28-16-7-17-29-53)70(86)83-101(92,93)94-46-62-65(99-75(90)54-30-18-8-19-31-54)66(100-76(91)55-32-20-9-21-33-55)71(98-62)84-48-80-64-67(78-47-79-68(64)84)81-69(85)50-22-10-4-11-23-50/h4-45,47-49,62-63,65-66,71,82H,3,46H2,1-2H3,(H,78,79,81,85)(H2,83,86,92,93)/t49?,62-,63+,65-,66-,71-/m1/s1. The number of hydrogen-bond donors (Lipinski definition) is 4. The Bertz CT molecular complexity index is 4560. The molecule has 1 aliphatic heterocycles. The molecular formula is C77H64N7O16P. The molecule has 2 unspecified atom stereocenters. The van der Waals surface area contributed by atoms with Crippen molar-refractivity contribution in [3.63, 3.8) is 0 Å². The van der Waals surface area contributed by atoms with Crippen molar-refractivity contribution < 1.29 is 76.0 Å². The predicted octanol–water partition coefficient (Wildman–Crippen LogP) is 12.3. The van der Waals surface area contributed by atoms with Crippen molar-refractivity contribution in [2.24, 2.45) is 5.92 Å². The largest absolute Gasteiger partial charge is 0.452 e. The Balaban J connectivity index is 0.896. The molecule has 3 heterocycles. The molecule has 1 aliphatic rings. The zero-order chi connectivity index (χ0) is 70.5. The first-order valence-electron chi connectivity index (χ1n) is 32.0. The van der Waals surface area contributed by atoms with E-state index in [4.69, 9.17) is 32.9 Å². The molecule has 0 spiro atoms. The number of anilines is 1. The van der Waals surface area contributed by atoms with E-state index in [2.05, 4.69) is 30.7 Å². The monoisotopic (exact) mass is 1370 g/mol. The third-order valence-electron chi connectivity index (χ3n) is 16.7. The summed E-state index contributed by atoms with van der Waals surface area (Å²) in [5.74, 6) is -5.47. The highest BCUT2D eigenvalue weighted by atomic mass is 31.2. The highest BCUT2D eigenvalue weighted by Crippen LogP contribution is 2.44. The van der Waals surface area contributed by atoms with E-state index in [1.54, 1.807) is 237 Å². The summed E-state index contributed by atoms with van der Waals surface area (Å²) < 4.78 is 58.7. The van der Waals surface area contributed by atoms with Gasteiger partial charge in [-0.15, -0.1) is 0 Å². The van der Waals surface area contributed by atoms with Crippen LogP contribution in [0.3, 0.4) is 0 Å². The molecule has 7 atom stereocenters. The van der Waals surface area contributed by atoms with E-state index in [0.29, 0.717) is 45.4 Å². The summed E-state index contributed by atoms with van der Waals surface area (Å²) >= 11 is 0. The Kier molecular flexibility index (Phi) is 21.2. The lowest BCUT2D eigenvalue weighted by molar-refractivity contribution is -0.123. The Hall–Kier alpha value is -12.1. The van der Waals surface area contributed by atoms with Crippen molar-refractivity contribution in [2.45, 2.75) is 56.4 Å². The van der Waals surface area contributed by atoms with Gasteiger partial charge in [-0.1, -0.05) is 166 Å². The van der Waals surface area contributed by atoms with Crippen LogP contribution in [0.25, 0.3) is 11.2 Å². The van der Waals surface area contributed by atoms with Gasteiger partial charge in [-0.25, -0.2) is 43.5 Å². The number of nitrogens with zero attached hydrogens (tertiary/aromatic N) is 4. The number of fused-ring (bicyclic) bond motifs is 1. The summed E-state index contributed by atoms with van der Waals surface area (Å²) in [5, 5.41) is 8.60. The van der Waals surface area contributed by atoms with Crippen molar-refractivity contribution in [1.29, 1.82) is 0 Å². The van der Waals surface area contributed by atoms with Crippen LogP contribution in [0.15, 0.2) is 267 Å². The lowest BCUT2D eigenvalue weighted by Crippen LogP contribution is -2.57. The topological polar surface area (TPSA) is 301 Å². The minimum atomic E-state index is -5.40. The Morgan fingerprint density at radius 2 is 0.901 bits per heavy atom. The van der Waals surface area contributed by atoms with Crippen LogP contribution in [0.5, 0.6) is 17.2 Å². The lowest BCUT2D eigenvalue weighted by Gasteiger charge is -2.41. The third-order valence-corrected chi connectivity index (χ3v) is 17.7. The van der Waals surface area contributed by atoms with E-state index in [-0.39, 0.29) is 45.4 Å². The van der Waals surface area contributed by atoms with E-state index in [9.17, 15) is 38.2 Å². The molecular weight excluding hydrogens is 1310 g/mol. The second-order valence-corrected chi connectivity index (χ2v) is 24.8. The number of esters is 5. The van der Waals surface area contributed by atoms with Gasteiger partial charge < -0.3 is 38.6 Å². The smallest absolute Gasteiger partial charge is 0.432 e. The highest BCUT2D eigenvalue weighted by molar-refractivity contribution is 7.51. The molecule has 11 aromatic rings. The predicted molar refractivity (Wildman–Crippen MR) is 369 cm³/mol. The van der Waals surface area contributed by atoms with Gasteiger partial charge in [0, 0.05) is 5.56 Å². The van der Waals surface area contributed by atoms with E-state index in [1.165, 1.54) is 35.2 Å². The summed E-state index contributed by atoms with van der Waals surface area (Å²) in [6, 6.07) is 67.3. The second kappa shape index (κ2) is 31.2. The number of carbonyl (C=O) groups is 7. The molecule has 0 bridgehead atoms. The van der Waals surface area contributed by atoms with E-state index in [1.807, 2.05) is 6.92 Å². The SMILES string of the molecule is CCC(C)[C@H](NC(c1ccc(OC(=O)c2ccccc2)cc1)(c1ccc(OC(=O)c2ccccc2)cc1)c1ccc(OC(=O)c2ccccc2)cc1)C(=O)NP(=O)(O)OC[C@H]1O[C@@H](n2cnc3c(NC(=O)c4ccccc4)ncnc32)[C@H](OC(=O)c2ccccc2)[C@@H]1OC(=O)c1ccccc1. The number of carbonyl (C=O) groups excluding carboxylic acids is 7. The van der Waals surface area contributed by atoms with Crippen LogP contribution in [0.2, 0.25) is 0 Å². The molecule has 12 rings (SSSR count). The molecule has 1 fully saturated rings. The average Bonchev–Trinajstić information content (AvgIpc) is 1.72. The second-order valence-electron chi connectivity index (χ2n) is 23.3. The summed E-state index contributed by atoms with van der Waals surface area (Å²) in [5.41, 5.74) is 1.06. The van der Waals surface area contributed by atoms with Gasteiger partial charge >= 0.3 is 37.6 Å². The molecule has 101 heavy (non-hydrogen) atoms. The van der Waals surface area contributed by atoms with Crippen molar-refractivity contribution in [2.75, 3.05) is 11.9 Å². The Morgan fingerprint density at radius 3 is 1.31 bits per heavy atom. The van der Waals surface area contributed by atoms with Gasteiger partial charge in [0.25, 0.3) is 5.91 Å². The van der Waals surface area contributed by atoms with Crippen LogP contribution in [0.4, 0.5) is 5.82 Å². The maximum Gasteiger partial charge on any atom is 0.432 e. The molecule has 2 amide bonds. The maximum atomic E-state index is 15.5. The van der Waals surface area contributed by atoms with Crippen molar-refractivity contribution in [3.8, 4) is 17.2 Å². The van der Waals surface area contributed by atoms with Gasteiger partial charge in [-0.2, -0.15) is 0 Å². The number of aromatic nitrogens is 4. The van der Waals surface area contributed by atoms with Crippen LogP contribution in [-0.4, -0.2) is 97.0 Å². The molecule has 24 heteroatoms. The van der Waals surface area contributed by atoms with Crippen LogP contribution in [-0.2, 0) is 33.6 Å². The highest BCUT2D eigenvalue weighted by Gasteiger charge is 2.53. The Labute approximate surface area is 578 Å². The minimum absolute atomic E-state index is 0.00365. The van der Waals surface area contributed by atoms with Crippen molar-refractivity contribution in [3.05, 3.63) is 318 Å². The van der Waals surface area contributed by atoms with E-state index in [0.717, 1.165) is 6.33 Å². The molecule has 0 aliphatic carbocycles. The Morgan fingerprint density at radius 1 is 0.515 bits per heavy atom. The zero-order valence-electron chi connectivity index (χ0n) is 54.1. The zero-order valence-corrected chi connectivity index (χ0v) is 55.0. The number of amides is 2. The molecule has 1 saturated heterocycles. The molecule has 0 saturated carbocycles. The summed E-state index contributed by atoms with van der Waals surface area (Å²) in [6.45, 7) is 2.65. The summed E-state index contributed by atoms with van der Waals surface area (Å²) in [4.78, 5) is 123. The molecule has 0 radical (unpaired) electrons. The van der Waals surface area contributed by atoms with Crippen LogP contribution in [0.1, 0.15) is 105 Å². The van der Waals surface area contributed by atoms with Crippen LogP contribution in [0, 0.1) is 5.92 Å². The molecule has 508 valence electrons. The number of benzene rings is 9.